The van der Waals surface area contributed by atoms with Crippen LogP contribution in [0.1, 0.15) is 11.7 Å². The molecule has 1 amide bonds. The molecule has 0 bridgehead atoms. The van der Waals surface area contributed by atoms with Gasteiger partial charge in [-0.3, -0.25) is 20.3 Å². The van der Waals surface area contributed by atoms with Crippen LogP contribution in [0.4, 0.5) is 5.69 Å². The molecule has 0 fully saturated rings. The van der Waals surface area contributed by atoms with Crippen LogP contribution in [-0.2, 0) is 19.6 Å². The lowest BCUT2D eigenvalue weighted by Gasteiger charge is -2.16. The molecule has 2 rings (SSSR count). The van der Waals surface area contributed by atoms with Crippen molar-refractivity contribution in [3.8, 4) is 0 Å². The topological polar surface area (TPSA) is 128 Å². The highest BCUT2D eigenvalue weighted by Gasteiger charge is 2.22. The smallest absolute Gasteiger partial charge is 0.269 e. The third kappa shape index (κ3) is 4.59. The SMILES string of the molecule is CO[C@@H](C(=O)NNS(=O)(=O)c1ccc([N+](=O)[O-])cc1)c1ccccc1. The van der Waals surface area contributed by atoms with Gasteiger partial charge in [-0.1, -0.05) is 30.3 Å². The number of nitrogens with zero attached hydrogens (tertiary/aromatic N) is 1. The summed E-state index contributed by atoms with van der Waals surface area (Å²) in [4.78, 5) is 23.8. The maximum Gasteiger partial charge on any atom is 0.269 e. The minimum absolute atomic E-state index is 0.230. The van der Waals surface area contributed by atoms with Gasteiger partial charge in [0.2, 0.25) is 0 Å². The number of sulfonamides is 1. The van der Waals surface area contributed by atoms with Crippen LogP contribution in [0.3, 0.4) is 0 Å². The van der Waals surface area contributed by atoms with Gasteiger partial charge in [0.15, 0.2) is 6.10 Å². The third-order valence-electron chi connectivity index (χ3n) is 3.24. The van der Waals surface area contributed by atoms with Gasteiger partial charge in [-0.25, -0.2) is 8.42 Å². The summed E-state index contributed by atoms with van der Waals surface area (Å²) in [6.07, 6.45) is -0.999. The van der Waals surface area contributed by atoms with Crippen molar-refractivity contribution in [2.24, 2.45) is 0 Å². The number of hydrogen-bond acceptors (Lipinski definition) is 6. The van der Waals surface area contributed by atoms with Crippen LogP contribution in [0.5, 0.6) is 0 Å². The molecule has 132 valence electrons. The Morgan fingerprint density at radius 1 is 1.12 bits per heavy atom. The number of carbonyl (C=O) groups is 1. The Morgan fingerprint density at radius 2 is 1.72 bits per heavy atom. The van der Waals surface area contributed by atoms with Crippen molar-refractivity contribution >= 4 is 21.6 Å². The van der Waals surface area contributed by atoms with Crippen molar-refractivity contribution in [3.63, 3.8) is 0 Å². The quantitative estimate of drug-likeness (QED) is 0.562. The summed E-state index contributed by atoms with van der Waals surface area (Å²) in [6, 6.07) is 12.8. The fraction of sp³-hybridized carbons (Fsp3) is 0.133. The Hall–Kier alpha value is -2.82. The summed E-state index contributed by atoms with van der Waals surface area (Å²) >= 11 is 0. The number of non-ortho nitro benzene ring substituents is 1. The fourth-order valence-electron chi connectivity index (χ4n) is 2.01. The molecule has 2 aromatic rings. The predicted molar refractivity (Wildman–Crippen MR) is 87.8 cm³/mol. The van der Waals surface area contributed by atoms with E-state index in [-0.39, 0.29) is 10.6 Å². The van der Waals surface area contributed by atoms with Gasteiger partial charge < -0.3 is 4.74 Å². The first-order valence-corrected chi connectivity index (χ1v) is 8.47. The summed E-state index contributed by atoms with van der Waals surface area (Å²) < 4.78 is 29.3. The number of ether oxygens (including phenoxy) is 1. The number of hydrazine groups is 1. The third-order valence-corrected chi connectivity index (χ3v) is 4.51. The predicted octanol–water partition coefficient (Wildman–Crippen LogP) is 1.29. The number of nitro benzene ring substituents is 1. The zero-order chi connectivity index (χ0) is 18.4. The first kappa shape index (κ1) is 18.5. The molecule has 0 aliphatic rings. The number of rotatable bonds is 7. The van der Waals surface area contributed by atoms with Gasteiger partial charge in [-0.05, 0) is 17.7 Å². The van der Waals surface area contributed by atoms with Crippen LogP contribution in [0, 0.1) is 10.1 Å². The van der Waals surface area contributed by atoms with E-state index in [4.69, 9.17) is 4.74 Å². The maximum atomic E-state index is 12.1. The van der Waals surface area contributed by atoms with Crippen molar-refractivity contribution in [2.45, 2.75) is 11.0 Å². The molecular formula is C15H15N3O6S. The number of carbonyl (C=O) groups excluding carboxylic acids is 1. The molecule has 2 aromatic carbocycles. The largest absolute Gasteiger partial charge is 0.367 e. The highest BCUT2D eigenvalue weighted by Crippen LogP contribution is 2.17. The Labute approximate surface area is 143 Å². The van der Waals surface area contributed by atoms with E-state index in [2.05, 4.69) is 5.43 Å². The Bertz CT molecular complexity index is 853. The van der Waals surface area contributed by atoms with Gasteiger partial charge in [0, 0.05) is 19.2 Å². The minimum atomic E-state index is -4.08. The van der Waals surface area contributed by atoms with E-state index in [1.807, 2.05) is 4.83 Å². The van der Waals surface area contributed by atoms with E-state index in [0.717, 1.165) is 24.3 Å². The van der Waals surface area contributed by atoms with Crippen LogP contribution in [0.15, 0.2) is 59.5 Å². The van der Waals surface area contributed by atoms with Crippen molar-refractivity contribution in [1.29, 1.82) is 0 Å². The summed E-state index contributed by atoms with van der Waals surface area (Å²) in [5.74, 6) is -0.709. The Kier molecular flexibility index (Phi) is 5.80. The van der Waals surface area contributed by atoms with E-state index >= 15 is 0 Å². The second-order valence-electron chi connectivity index (χ2n) is 4.87. The molecule has 9 nitrogen and oxygen atoms in total. The van der Waals surface area contributed by atoms with Gasteiger partial charge in [0.1, 0.15) is 0 Å². The fourth-order valence-corrected chi connectivity index (χ4v) is 2.86. The van der Waals surface area contributed by atoms with Crippen molar-refractivity contribution in [1.82, 2.24) is 10.3 Å². The highest BCUT2D eigenvalue weighted by atomic mass is 32.2. The van der Waals surface area contributed by atoms with Gasteiger partial charge >= 0.3 is 0 Å². The Morgan fingerprint density at radius 3 is 2.24 bits per heavy atom. The molecule has 0 aliphatic carbocycles. The summed E-state index contributed by atoms with van der Waals surface area (Å²) in [7, 11) is -2.76. The molecule has 25 heavy (non-hydrogen) atoms. The standard InChI is InChI=1S/C15H15N3O6S/c1-24-14(11-5-3-2-4-6-11)15(19)16-17-25(22,23)13-9-7-12(8-10-13)18(20)21/h2-10,14,17H,1H3,(H,16,19)/t14-/m1/s1. The van der Waals surface area contributed by atoms with Gasteiger partial charge in [0.05, 0.1) is 9.82 Å². The number of nitrogens with one attached hydrogen (secondary N) is 2. The van der Waals surface area contributed by atoms with E-state index in [1.54, 1.807) is 30.3 Å². The number of nitro groups is 1. The van der Waals surface area contributed by atoms with E-state index in [9.17, 15) is 23.3 Å². The van der Waals surface area contributed by atoms with E-state index < -0.39 is 27.0 Å². The summed E-state index contributed by atoms with van der Waals surface area (Å²) in [5, 5.41) is 10.6. The minimum Gasteiger partial charge on any atom is -0.367 e. The number of benzene rings is 2. The number of amides is 1. The molecule has 0 radical (unpaired) electrons. The molecule has 0 saturated carbocycles. The highest BCUT2D eigenvalue weighted by molar-refractivity contribution is 7.89. The maximum absolute atomic E-state index is 12.1. The summed E-state index contributed by atoms with van der Waals surface area (Å²) in [6.45, 7) is 0. The van der Waals surface area contributed by atoms with Crippen molar-refractivity contribution in [2.75, 3.05) is 7.11 Å². The van der Waals surface area contributed by atoms with Crippen LogP contribution in [-0.4, -0.2) is 26.4 Å². The van der Waals surface area contributed by atoms with Crippen LogP contribution in [0.25, 0.3) is 0 Å². The first-order valence-electron chi connectivity index (χ1n) is 6.99. The van der Waals surface area contributed by atoms with Crippen LogP contribution < -0.4 is 10.3 Å². The molecule has 0 aliphatic heterocycles. The first-order chi connectivity index (χ1) is 11.8. The monoisotopic (exact) mass is 365 g/mol. The number of methoxy groups -OCH3 is 1. The van der Waals surface area contributed by atoms with Gasteiger partial charge in [0.25, 0.3) is 21.6 Å². The lowest BCUT2D eigenvalue weighted by molar-refractivity contribution is -0.384. The Balaban J connectivity index is 2.08. The number of hydrogen-bond donors (Lipinski definition) is 2. The van der Waals surface area contributed by atoms with Crippen molar-refractivity contribution in [3.05, 3.63) is 70.3 Å². The van der Waals surface area contributed by atoms with Crippen molar-refractivity contribution < 1.29 is 22.9 Å². The molecule has 2 N–H and O–H groups in total. The van der Waals surface area contributed by atoms with Crippen LogP contribution in [0.2, 0.25) is 0 Å². The zero-order valence-electron chi connectivity index (χ0n) is 13.1. The summed E-state index contributed by atoms with van der Waals surface area (Å²) in [5.41, 5.74) is 2.38. The van der Waals surface area contributed by atoms with Gasteiger partial charge in [-0.2, -0.15) is 0 Å². The molecule has 0 aromatic heterocycles. The second-order valence-corrected chi connectivity index (χ2v) is 6.55. The average molecular weight is 365 g/mol. The zero-order valence-corrected chi connectivity index (χ0v) is 13.9. The second kappa shape index (κ2) is 7.83. The lowest BCUT2D eigenvalue weighted by Crippen LogP contribution is -2.44. The van der Waals surface area contributed by atoms with Crippen LogP contribution >= 0.6 is 0 Å². The lowest BCUT2D eigenvalue weighted by atomic mass is 10.1. The molecule has 0 unspecified atom stereocenters. The van der Waals surface area contributed by atoms with E-state index in [0.29, 0.717) is 5.56 Å². The molecule has 0 spiro atoms. The van der Waals surface area contributed by atoms with Gasteiger partial charge in [-0.15, -0.1) is 4.83 Å². The van der Waals surface area contributed by atoms with E-state index in [1.165, 1.54) is 7.11 Å². The molecule has 1 atom stereocenters. The molecule has 10 heteroatoms. The average Bonchev–Trinajstić information content (AvgIpc) is 2.62. The molecular weight excluding hydrogens is 350 g/mol. The normalized spacial score (nSPS) is 12.4. The molecule has 0 heterocycles. The molecule has 0 saturated heterocycles.